The maximum Gasteiger partial charge on any atom is 0.0456 e. The van der Waals surface area contributed by atoms with Crippen LogP contribution < -0.4 is 0 Å². The minimum atomic E-state index is 0.162. The van der Waals surface area contributed by atoms with Crippen LogP contribution in [0.15, 0.2) is 91.1 Å². The zero-order chi connectivity index (χ0) is 18.5. The molecule has 0 aliphatic heterocycles. The van der Waals surface area contributed by atoms with E-state index >= 15 is 0 Å². The Kier molecular flexibility index (Phi) is 5.11. The van der Waals surface area contributed by atoms with Crippen molar-refractivity contribution in [3.05, 3.63) is 108 Å². The predicted octanol–water partition coefficient (Wildman–Crippen LogP) is 6.69. The van der Waals surface area contributed by atoms with E-state index in [9.17, 15) is 0 Å². The number of H-pyrrole nitrogens is 1. The monoisotopic (exact) mass is 353 g/mol. The van der Waals surface area contributed by atoms with Gasteiger partial charge in [0.1, 0.15) is 0 Å². The molecule has 0 fully saturated rings. The normalized spacial score (nSPS) is 13.5. The summed E-state index contributed by atoms with van der Waals surface area (Å²) < 4.78 is 0. The van der Waals surface area contributed by atoms with Gasteiger partial charge in [-0.1, -0.05) is 85.8 Å². The minimum absolute atomic E-state index is 0.162. The summed E-state index contributed by atoms with van der Waals surface area (Å²) in [6, 6.07) is 30.5. The summed E-state index contributed by atoms with van der Waals surface area (Å²) in [7, 11) is 0. The van der Waals surface area contributed by atoms with Crippen LogP contribution >= 0.6 is 0 Å². The van der Waals surface area contributed by atoms with Crippen LogP contribution in [-0.2, 0) is 18.3 Å². The van der Waals surface area contributed by atoms with Crippen LogP contribution in [0.4, 0.5) is 0 Å². The van der Waals surface area contributed by atoms with Crippen LogP contribution in [0.1, 0.15) is 36.5 Å². The fourth-order valence-corrected chi connectivity index (χ4v) is 4.07. The molecule has 0 amide bonds. The molecule has 1 aromatic heterocycles. The Labute approximate surface area is 162 Å². The number of nitrogens with one attached hydrogen (secondary N) is 1. The van der Waals surface area contributed by atoms with Crippen molar-refractivity contribution in [2.45, 2.75) is 38.0 Å². The molecule has 4 aromatic rings. The Morgan fingerprint density at radius 2 is 1.33 bits per heavy atom. The van der Waals surface area contributed by atoms with Crippen molar-refractivity contribution in [2.75, 3.05) is 0 Å². The van der Waals surface area contributed by atoms with Gasteiger partial charge in [0.25, 0.3) is 0 Å². The van der Waals surface area contributed by atoms with Crippen molar-refractivity contribution in [1.29, 1.82) is 0 Å². The summed E-state index contributed by atoms with van der Waals surface area (Å²) >= 11 is 0. The summed E-state index contributed by atoms with van der Waals surface area (Å²) in [5.41, 5.74) is 5.69. The third-order valence-corrected chi connectivity index (χ3v) is 5.90. The Hall–Kier alpha value is -2.80. The number of aromatic amines is 1. The van der Waals surface area contributed by atoms with Crippen LogP contribution in [0.25, 0.3) is 10.9 Å². The highest BCUT2D eigenvalue weighted by molar-refractivity contribution is 5.83. The average molecular weight is 354 g/mol. The number of para-hydroxylation sites is 1. The second-order valence-corrected chi connectivity index (χ2v) is 7.77. The quantitative estimate of drug-likeness (QED) is 0.381. The van der Waals surface area contributed by atoms with Crippen LogP contribution in [-0.4, -0.2) is 4.98 Å². The molecule has 0 saturated carbocycles. The molecule has 0 aliphatic carbocycles. The number of hydrogen-bond donors (Lipinski definition) is 1. The highest BCUT2D eigenvalue weighted by Crippen LogP contribution is 2.35. The Balaban J connectivity index is 1.56. The first kappa shape index (κ1) is 17.6. The van der Waals surface area contributed by atoms with Gasteiger partial charge in [0.05, 0.1) is 0 Å². The van der Waals surface area contributed by atoms with Gasteiger partial charge in [-0.2, -0.15) is 0 Å². The van der Waals surface area contributed by atoms with Gasteiger partial charge in [-0.25, -0.2) is 0 Å². The van der Waals surface area contributed by atoms with Crippen molar-refractivity contribution in [3.63, 3.8) is 0 Å². The number of fused-ring (bicyclic) bond motifs is 1. The van der Waals surface area contributed by atoms with Crippen molar-refractivity contribution in [3.8, 4) is 0 Å². The molecule has 4 rings (SSSR count). The third-order valence-electron chi connectivity index (χ3n) is 5.90. The first-order valence-electron chi connectivity index (χ1n) is 9.89. The molecule has 1 heterocycles. The van der Waals surface area contributed by atoms with E-state index in [1.807, 2.05) is 0 Å². The summed E-state index contributed by atoms with van der Waals surface area (Å²) in [5, 5.41) is 1.36. The van der Waals surface area contributed by atoms with Crippen molar-refractivity contribution >= 4 is 10.9 Å². The number of rotatable bonds is 7. The lowest BCUT2D eigenvalue weighted by Crippen LogP contribution is -2.24. The van der Waals surface area contributed by atoms with Crippen molar-refractivity contribution in [2.24, 2.45) is 0 Å². The lowest BCUT2D eigenvalue weighted by Gasteiger charge is -2.31. The number of benzene rings is 3. The largest absolute Gasteiger partial charge is 0.361 e. The summed E-state index contributed by atoms with van der Waals surface area (Å²) in [5.74, 6) is 0. The molecular formula is C26H27N. The smallest absolute Gasteiger partial charge is 0.0456 e. The third kappa shape index (κ3) is 3.98. The van der Waals surface area contributed by atoms with E-state index in [4.69, 9.17) is 0 Å². The molecule has 1 nitrogen and oxygen atoms in total. The van der Waals surface area contributed by atoms with Crippen LogP contribution in [0.2, 0.25) is 0 Å². The molecule has 0 bridgehead atoms. The Morgan fingerprint density at radius 1 is 0.704 bits per heavy atom. The van der Waals surface area contributed by atoms with Crippen LogP contribution in [0.5, 0.6) is 0 Å². The van der Waals surface area contributed by atoms with E-state index in [1.54, 1.807) is 0 Å². The van der Waals surface area contributed by atoms with E-state index < -0.39 is 0 Å². The highest BCUT2D eigenvalue weighted by Gasteiger charge is 2.26. The SMILES string of the molecule is CC(CCc1ccccc1)(CCc1c[nH]c2ccccc12)c1ccccc1. The number of hydrogen-bond acceptors (Lipinski definition) is 0. The van der Waals surface area contributed by atoms with Gasteiger partial charge in [-0.3, -0.25) is 0 Å². The standard InChI is InChI=1S/C26H27N/c1-26(23-12-6-3-7-13-23,18-16-21-10-4-2-5-11-21)19-17-22-20-27-25-15-9-8-14-24(22)25/h2-15,20,27H,16-19H2,1H3. The number of aromatic nitrogens is 1. The molecule has 1 unspecified atom stereocenters. The van der Waals surface area contributed by atoms with Gasteiger partial charge in [-0.05, 0) is 53.9 Å². The van der Waals surface area contributed by atoms with E-state index in [0.717, 1.165) is 25.7 Å². The second-order valence-electron chi connectivity index (χ2n) is 7.77. The second kappa shape index (κ2) is 7.84. The topological polar surface area (TPSA) is 15.8 Å². The van der Waals surface area contributed by atoms with Gasteiger partial charge in [0.15, 0.2) is 0 Å². The van der Waals surface area contributed by atoms with Gasteiger partial charge < -0.3 is 4.98 Å². The molecule has 0 spiro atoms. The lowest BCUT2D eigenvalue weighted by molar-refractivity contribution is 0.401. The molecule has 0 radical (unpaired) electrons. The van der Waals surface area contributed by atoms with E-state index in [1.165, 1.54) is 27.6 Å². The van der Waals surface area contributed by atoms with E-state index in [2.05, 4.69) is 103 Å². The summed E-state index contributed by atoms with van der Waals surface area (Å²) in [4.78, 5) is 3.42. The van der Waals surface area contributed by atoms with Crippen molar-refractivity contribution < 1.29 is 0 Å². The molecule has 0 saturated heterocycles. The van der Waals surface area contributed by atoms with Gasteiger partial charge in [0.2, 0.25) is 0 Å². The van der Waals surface area contributed by atoms with E-state index in [-0.39, 0.29) is 5.41 Å². The molecule has 3 aromatic carbocycles. The van der Waals surface area contributed by atoms with Crippen LogP contribution in [0.3, 0.4) is 0 Å². The fourth-order valence-electron chi connectivity index (χ4n) is 4.07. The number of aryl methyl sites for hydroxylation is 2. The molecule has 136 valence electrons. The average Bonchev–Trinajstić information content (AvgIpc) is 3.15. The molecule has 1 N–H and O–H groups in total. The Morgan fingerprint density at radius 3 is 2.11 bits per heavy atom. The Bertz CT molecular complexity index is 984. The highest BCUT2D eigenvalue weighted by atomic mass is 14.7. The predicted molar refractivity (Wildman–Crippen MR) is 115 cm³/mol. The molecule has 0 aliphatic rings. The first-order chi connectivity index (χ1) is 13.2. The van der Waals surface area contributed by atoms with Crippen LogP contribution in [0, 0.1) is 0 Å². The van der Waals surface area contributed by atoms with Gasteiger partial charge >= 0.3 is 0 Å². The van der Waals surface area contributed by atoms with Gasteiger partial charge in [-0.15, -0.1) is 0 Å². The molecule has 27 heavy (non-hydrogen) atoms. The molecule has 1 atom stereocenters. The minimum Gasteiger partial charge on any atom is -0.361 e. The fraction of sp³-hybridized carbons (Fsp3) is 0.231. The summed E-state index contributed by atoms with van der Waals surface area (Å²) in [6.45, 7) is 2.43. The molecular weight excluding hydrogens is 326 g/mol. The molecule has 1 heteroatoms. The van der Waals surface area contributed by atoms with Crippen molar-refractivity contribution in [1.82, 2.24) is 4.98 Å². The maximum absolute atomic E-state index is 3.42. The first-order valence-corrected chi connectivity index (χ1v) is 9.89. The maximum atomic E-state index is 3.42. The van der Waals surface area contributed by atoms with E-state index in [0.29, 0.717) is 0 Å². The zero-order valence-electron chi connectivity index (χ0n) is 16.0. The zero-order valence-corrected chi connectivity index (χ0v) is 16.0. The summed E-state index contributed by atoms with van der Waals surface area (Å²) in [6.07, 6.45) is 6.69. The van der Waals surface area contributed by atoms with Gasteiger partial charge in [0, 0.05) is 17.1 Å². The lowest BCUT2D eigenvalue weighted by atomic mass is 9.74.